The van der Waals surface area contributed by atoms with E-state index in [0.29, 0.717) is 0 Å². The molecule has 88 valence electrons. The van der Waals surface area contributed by atoms with Gasteiger partial charge in [0.15, 0.2) is 0 Å². The number of rotatable bonds is 5. The number of thioether (sulfide) groups is 1. The van der Waals surface area contributed by atoms with E-state index >= 15 is 0 Å². The van der Waals surface area contributed by atoms with Gasteiger partial charge in [-0.05, 0) is 44.8 Å². The van der Waals surface area contributed by atoms with Crippen molar-refractivity contribution in [1.82, 2.24) is 0 Å². The molecule has 1 aliphatic rings. The van der Waals surface area contributed by atoms with E-state index in [-0.39, 0.29) is 5.91 Å². The lowest BCUT2D eigenvalue weighted by atomic mass is 9.98. The minimum atomic E-state index is -0.425. The third kappa shape index (κ3) is 4.43. The Bertz CT molecular complexity index is 213. The van der Waals surface area contributed by atoms with Crippen molar-refractivity contribution in [2.45, 2.75) is 37.9 Å². The number of hydrogen-bond donors (Lipinski definition) is 1. The van der Waals surface area contributed by atoms with Crippen LogP contribution in [0.25, 0.3) is 0 Å². The summed E-state index contributed by atoms with van der Waals surface area (Å²) < 4.78 is 4.88. The topological polar surface area (TPSA) is 52.3 Å². The molecule has 1 rings (SSSR count). The van der Waals surface area contributed by atoms with Gasteiger partial charge >= 0.3 is 0 Å². The lowest BCUT2D eigenvalue weighted by Crippen LogP contribution is -2.35. The Kier molecular flexibility index (Phi) is 4.93. The van der Waals surface area contributed by atoms with Gasteiger partial charge in [0.2, 0.25) is 5.91 Å². The standard InChI is InChI=1S/C11H21NO2S/c1-11(2,10(12)13)15-8-5-9-3-6-14-7-4-9/h9H,3-8H2,1-2H3,(H2,12,13). The third-order valence-corrected chi connectivity index (χ3v) is 4.29. The summed E-state index contributed by atoms with van der Waals surface area (Å²) in [5.74, 6) is 1.56. The van der Waals surface area contributed by atoms with Crippen LogP contribution in [0.3, 0.4) is 0 Å². The molecule has 1 aliphatic heterocycles. The first-order valence-corrected chi connectivity index (χ1v) is 6.52. The van der Waals surface area contributed by atoms with Crippen LogP contribution in [-0.2, 0) is 9.53 Å². The van der Waals surface area contributed by atoms with E-state index in [4.69, 9.17) is 10.5 Å². The summed E-state index contributed by atoms with van der Waals surface area (Å²) in [7, 11) is 0. The number of carbonyl (C=O) groups is 1. The molecule has 3 nitrogen and oxygen atoms in total. The molecule has 0 saturated carbocycles. The van der Waals surface area contributed by atoms with E-state index in [1.54, 1.807) is 11.8 Å². The van der Waals surface area contributed by atoms with Crippen molar-refractivity contribution >= 4 is 17.7 Å². The van der Waals surface area contributed by atoms with Crippen molar-refractivity contribution in [3.8, 4) is 0 Å². The molecule has 4 heteroatoms. The predicted octanol–water partition coefficient (Wildman–Crippen LogP) is 1.80. The lowest BCUT2D eigenvalue weighted by Gasteiger charge is -2.24. The molecular formula is C11H21NO2S. The molecule has 0 aliphatic carbocycles. The average Bonchev–Trinajstić information content (AvgIpc) is 2.19. The van der Waals surface area contributed by atoms with Crippen LogP contribution in [0.1, 0.15) is 33.1 Å². The maximum atomic E-state index is 11.1. The summed E-state index contributed by atoms with van der Waals surface area (Å²) in [4.78, 5) is 11.1. The van der Waals surface area contributed by atoms with E-state index in [0.717, 1.165) is 37.7 Å². The molecule has 0 bridgehead atoms. The molecule has 1 saturated heterocycles. The molecule has 0 spiro atoms. The monoisotopic (exact) mass is 231 g/mol. The van der Waals surface area contributed by atoms with Crippen molar-refractivity contribution in [2.75, 3.05) is 19.0 Å². The predicted molar refractivity (Wildman–Crippen MR) is 63.9 cm³/mol. The second-order valence-corrected chi connectivity index (χ2v) is 6.28. The van der Waals surface area contributed by atoms with E-state index < -0.39 is 4.75 Å². The zero-order valence-electron chi connectivity index (χ0n) is 9.62. The average molecular weight is 231 g/mol. The molecule has 2 N–H and O–H groups in total. The van der Waals surface area contributed by atoms with Crippen LogP contribution in [0.5, 0.6) is 0 Å². The van der Waals surface area contributed by atoms with Crippen molar-refractivity contribution in [1.29, 1.82) is 0 Å². The van der Waals surface area contributed by atoms with Gasteiger partial charge in [-0.3, -0.25) is 4.79 Å². The Labute approximate surface area is 96.1 Å². The molecule has 0 aromatic carbocycles. The summed E-state index contributed by atoms with van der Waals surface area (Å²) >= 11 is 1.67. The normalized spacial score (nSPS) is 19.1. The quantitative estimate of drug-likeness (QED) is 0.785. The molecule has 0 unspecified atom stereocenters. The van der Waals surface area contributed by atoms with Crippen LogP contribution in [0.2, 0.25) is 0 Å². The number of carbonyl (C=O) groups excluding carboxylic acids is 1. The van der Waals surface area contributed by atoms with Crippen molar-refractivity contribution in [3.05, 3.63) is 0 Å². The van der Waals surface area contributed by atoms with Gasteiger partial charge in [-0.25, -0.2) is 0 Å². The number of nitrogens with two attached hydrogens (primary N) is 1. The second-order valence-electron chi connectivity index (χ2n) is 4.57. The minimum absolute atomic E-state index is 0.223. The minimum Gasteiger partial charge on any atom is -0.381 e. The lowest BCUT2D eigenvalue weighted by molar-refractivity contribution is -0.119. The Balaban J connectivity index is 2.17. The summed E-state index contributed by atoms with van der Waals surface area (Å²) in [5.41, 5.74) is 5.31. The van der Waals surface area contributed by atoms with Crippen LogP contribution in [0.15, 0.2) is 0 Å². The van der Waals surface area contributed by atoms with Gasteiger partial charge in [-0.2, -0.15) is 0 Å². The highest BCUT2D eigenvalue weighted by atomic mass is 32.2. The fourth-order valence-corrected chi connectivity index (χ4v) is 2.69. The van der Waals surface area contributed by atoms with Crippen LogP contribution in [-0.4, -0.2) is 29.6 Å². The van der Waals surface area contributed by atoms with Gasteiger partial charge in [-0.1, -0.05) is 0 Å². The van der Waals surface area contributed by atoms with Crippen LogP contribution in [0.4, 0.5) is 0 Å². The zero-order chi connectivity index (χ0) is 11.3. The van der Waals surface area contributed by atoms with Crippen molar-refractivity contribution in [2.24, 2.45) is 11.7 Å². The first-order valence-electron chi connectivity index (χ1n) is 5.54. The molecular weight excluding hydrogens is 210 g/mol. The zero-order valence-corrected chi connectivity index (χ0v) is 10.4. The maximum absolute atomic E-state index is 11.1. The molecule has 0 aromatic heterocycles. The Hall–Kier alpha value is -0.220. The van der Waals surface area contributed by atoms with Gasteiger partial charge in [0, 0.05) is 13.2 Å². The highest BCUT2D eigenvalue weighted by molar-refractivity contribution is 8.01. The molecule has 0 radical (unpaired) electrons. The Morgan fingerprint density at radius 3 is 2.60 bits per heavy atom. The van der Waals surface area contributed by atoms with Crippen LogP contribution >= 0.6 is 11.8 Å². The fourth-order valence-electron chi connectivity index (χ4n) is 1.59. The SMILES string of the molecule is CC(C)(SCCC1CCOCC1)C(N)=O. The molecule has 1 fully saturated rings. The summed E-state index contributed by atoms with van der Waals surface area (Å²) in [6.45, 7) is 5.58. The molecule has 1 amide bonds. The van der Waals surface area contributed by atoms with Gasteiger partial charge in [-0.15, -0.1) is 11.8 Å². The number of amides is 1. The highest BCUT2D eigenvalue weighted by Crippen LogP contribution is 2.28. The van der Waals surface area contributed by atoms with E-state index in [1.807, 2.05) is 13.8 Å². The largest absolute Gasteiger partial charge is 0.381 e. The van der Waals surface area contributed by atoms with E-state index in [9.17, 15) is 4.79 Å². The number of primary amides is 1. The Morgan fingerprint density at radius 2 is 2.07 bits per heavy atom. The summed E-state index contributed by atoms with van der Waals surface area (Å²) in [6.07, 6.45) is 3.50. The molecule has 0 atom stereocenters. The van der Waals surface area contributed by atoms with Gasteiger partial charge in [0.1, 0.15) is 0 Å². The van der Waals surface area contributed by atoms with E-state index in [1.165, 1.54) is 6.42 Å². The highest BCUT2D eigenvalue weighted by Gasteiger charge is 2.25. The van der Waals surface area contributed by atoms with Gasteiger partial charge in [0.25, 0.3) is 0 Å². The number of ether oxygens (including phenoxy) is 1. The molecule has 0 aromatic rings. The first kappa shape index (κ1) is 12.8. The summed E-state index contributed by atoms with van der Waals surface area (Å²) in [6, 6.07) is 0. The molecule has 15 heavy (non-hydrogen) atoms. The van der Waals surface area contributed by atoms with Gasteiger partial charge in [0.05, 0.1) is 4.75 Å². The maximum Gasteiger partial charge on any atom is 0.233 e. The second kappa shape index (κ2) is 5.75. The van der Waals surface area contributed by atoms with Gasteiger partial charge < -0.3 is 10.5 Å². The fraction of sp³-hybridized carbons (Fsp3) is 0.909. The van der Waals surface area contributed by atoms with E-state index in [2.05, 4.69) is 0 Å². The van der Waals surface area contributed by atoms with Crippen molar-refractivity contribution < 1.29 is 9.53 Å². The third-order valence-electron chi connectivity index (χ3n) is 2.92. The summed E-state index contributed by atoms with van der Waals surface area (Å²) in [5, 5.41) is 0. The van der Waals surface area contributed by atoms with Crippen LogP contribution < -0.4 is 5.73 Å². The Morgan fingerprint density at radius 1 is 1.47 bits per heavy atom. The number of hydrogen-bond acceptors (Lipinski definition) is 3. The first-order chi connectivity index (χ1) is 7.02. The molecule has 1 heterocycles. The smallest absolute Gasteiger partial charge is 0.233 e. The van der Waals surface area contributed by atoms with Crippen molar-refractivity contribution in [3.63, 3.8) is 0 Å². The van der Waals surface area contributed by atoms with Crippen LogP contribution in [0, 0.1) is 5.92 Å².